The molecular weight excluding hydrogens is 386 g/mol. The highest BCUT2D eigenvalue weighted by molar-refractivity contribution is 5.98. The van der Waals surface area contributed by atoms with E-state index in [1.54, 1.807) is 50.5 Å². The number of nitrogens with zero attached hydrogens (tertiary/aromatic N) is 1. The Kier molecular flexibility index (Phi) is 6.46. The van der Waals surface area contributed by atoms with Crippen molar-refractivity contribution in [1.82, 2.24) is 4.90 Å². The molecule has 1 aliphatic rings. The van der Waals surface area contributed by atoms with Gasteiger partial charge in [0.15, 0.2) is 6.61 Å². The molecule has 0 unspecified atom stereocenters. The van der Waals surface area contributed by atoms with Gasteiger partial charge < -0.3 is 20.3 Å². The van der Waals surface area contributed by atoms with E-state index in [9.17, 15) is 19.2 Å². The molecule has 0 aromatic heterocycles. The van der Waals surface area contributed by atoms with Crippen molar-refractivity contribution in [2.45, 2.75) is 12.8 Å². The molecule has 8 nitrogen and oxygen atoms in total. The predicted molar refractivity (Wildman–Crippen MR) is 111 cm³/mol. The monoisotopic (exact) mass is 409 g/mol. The summed E-state index contributed by atoms with van der Waals surface area (Å²) in [5.74, 6) is -1.20. The molecule has 0 saturated heterocycles. The van der Waals surface area contributed by atoms with Gasteiger partial charge in [-0.25, -0.2) is 4.79 Å². The molecule has 0 aliphatic heterocycles. The summed E-state index contributed by atoms with van der Waals surface area (Å²) < 4.78 is 5.03. The quantitative estimate of drug-likeness (QED) is 0.684. The first-order chi connectivity index (χ1) is 14.3. The van der Waals surface area contributed by atoms with Crippen molar-refractivity contribution < 1.29 is 23.9 Å². The van der Waals surface area contributed by atoms with Gasteiger partial charge in [-0.1, -0.05) is 0 Å². The van der Waals surface area contributed by atoms with Crippen molar-refractivity contribution in [3.63, 3.8) is 0 Å². The zero-order valence-corrected chi connectivity index (χ0v) is 16.8. The standard InChI is InChI=1S/C22H23N3O5/c1-25(2)21(28)15-5-9-17(10-6-15)23-19(26)13-30-22(29)16-7-11-18(12-8-16)24-20(27)14-3-4-14/h5-12,14H,3-4,13H2,1-2H3,(H,23,26)(H,24,27). The number of hydrogen-bond acceptors (Lipinski definition) is 5. The van der Waals surface area contributed by atoms with E-state index in [4.69, 9.17) is 4.74 Å². The van der Waals surface area contributed by atoms with Gasteiger partial charge in [0.2, 0.25) is 5.91 Å². The van der Waals surface area contributed by atoms with Gasteiger partial charge in [0.1, 0.15) is 0 Å². The molecule has 0 radical (unpaired) electrons. The highest BCUT2D eigenvalue weighted by atomic mass is 16.5. The number of benzene rings is 2. The van der Waals surface area contributed by atoms with Gasteiger partial charge in [-0.05, 0) is 61.4 Å². The van der Waals surface area contributed by atoms with Crippen molar-refractivity contribution >= 4 is 35.1 Å². The van der Waals surface area contributed by atoms with Gasteiger partial charge in [0.25, 0.3) is 11.8 Å². The second kappa shape index (κ2) is 9.21. The maximum absolute atomic E-state index is 12.1. The van der Waals surface area contributed by atoms with E-state index in [0.29, 0.717) is 16.9 Å². The fourth-order valence-corrected chi connectivity index (χ4v) is 2.65. The molecule has 2 aromatic rings. The minimum atomic E-state index is -0.642. The SMILES string of the molecule is CN(C)C(=O)c1ccc(NC(=O)COC(=O)c2ccc(NC(=O)C3CC3)cc2)cc1. The molecule has 2 aromatic carbocycles. The van der Waals surface area contributed by atoms with Crippen molar-refractivity contribution in [3.8, 4) is 0 Å². The molecule has 2 N–H and O–H groups in total. The maximum Gasteiger partial charge on any atom is 0.338 e. The van der Waals surface area contributed by atoms with Crippen LogP contribution < -0.4 is 10.6 Å². The van der Waals surface area contributed by atoms with Crippen LogP contribution in [-0.2, 0) is 14.3 Å². The maximum atomic E-state index is 12.1. The van der Waals surface area contributed by atoms with Crippen LogP contribution in [0, 0.1) is 5.92 Å². The van der Waals surface area contributed by atoms with E-state index in [1.165, 1.54) is 17.0 Å². The Labute approximate surface area is 174 Å². The Hall–Kier alpha value is -3.68. The summed E-state index contributed by atoms with van der Waals surface area (Å²) in [4.78, 5) is 49.2. The molecule has 1 aliphatic carbocycles. The third kappa shape index (κ3) is 5.66. The van der Waals surface area contributed by atoms with Gasteiger partial charge >= 0.3 is 5.97 Å². The molecule has 0 heterocycles. The van der Waals surface area contributed by atoms with Crippen LogP contribution in [-0.4, -0.2) is 49.3 Å². The van der Waals surface area contributed by atoms with Crippen molar-refractivity contribution in [2.24, 2.45) is 5.92 Å². The van der Waals surface area contributed by atoms with Crippen molar-refractivity contribution in [2.75, 3.05) is 31.3 Å². The van der Waals surface area contributed by atoms with Crippen LogP contribution in [0.4, 0.5) is 11.4 Å². The van der Waals surface area contributed by atoms with E-state index >= 15 is 0 Å². The van der Waals surface area contributed by atoms with Gasteiger partial charge in [0.05, 0.1) is 5.56 Å². The first kappa shape index (κ1) is 21.0. The van der Waals surface area contributed by atoms with Crippen molar-refractivity contribution in [1.29, 1.82) is 0 Å². The molecule has 1 saturated carbocycles. The second-order valence-corrected chi connectivity index (χ2v) is 7.24. The summed E-state index contributed by atoms with van der Waals surface area (Å²) in [5, 5.41) is 5.39. The zero-order valence-electron chi connectivity index (χ0n) is 16.8. The molecule has 8 heteroatoms. The third-order valence-corrected chi connectivity index (χ3v) is 4.49. The number of nitrogens with one attached hydrogen (secondary N) is 2. The second-order valence-electron chi connectivity index (χ2n) is 7.24. The Morgan fingerprint density at radius 3 is 1.93 bits per heavy atom. The van der Waals surface area contributed by atoms with Crippen molar-refractivity contribution in [3.05, 3.63) is 59.7 Å². The Bertz CT molecular complexity index is 948. The Morgan fingerprint density at radius 1 is 0.867 bits per heavy atom. The van der Waals surface area contributed by atoms with E-state index in [2.05, 4.69) is 10.6 Å². The normalized spacial score (nSPS) is 12.6. The number of hydrogen-bond donors (Lipinski definition) is 2. The first-order valence-corrected chi connectivity index (χ1v) is 9.53. The minimum absolute atomic E-state index is 0.0129. The van der Waals surface area contributed by atoms with Crippen LogP contribution >= 0.6 is 0 Å². The topological polar surface area (TPSA) is 105 Å². The van der Waals surface area contributed by atoms with Crippen LogP contribution in [0.5, 0.6) is 0 Å². The molecule has 0 spiro atoms. The highest BCUT2D eigenvalue weighted by Gasteiger charge is 2.29. The van der Waals surface area contributed by atoms with E-state index in [-0.39, 0.29) is 23.3 Å². The van der Waals surface area contributed by atoms with E-state index < -0.39 is 18.5 Å². The van der Waals surface area contributed by atoms with Gasteiger partial charge in [-0.2, -0.15) is 0 Å². The molecule has 0 atom stereocenters. The molecule has 1 fully saturated rings. The average molecular weight is 409 g/mol. The molecule has 30 heavy (non-hydrogen) atoms. The summed E-state index contributed by atoms with van der Waals surface area (Å²) in [6.07, 6.45) is 1.83. The lowest BCUT2D eigenvalue weighted by Crippen LogP contribution is -2.22. The molecule has 156 valence electrons. The summed E-state index contributed by atoms with van der Waals surface area (Å²) in [6.45, 7) is -0.447. The van der Waals surface area contributed by atoms with Crippen LogP contribution in [0.1, 0.15) is 33.6 Å². The summed E-state index contributed by atoms with van der Waals surface area (Å²) in [5.41, 5.74) is 1.87. The fraction of sp³-hybridized carbons (Fsp3) is 0.273. The number of amides is 3. The van der Waals surface area contributed by atoms with Gasteiger partial charge in [-0.15, -0.1) is 0 Å². The highest BCUT2D eigenvalue weighted by Crippen LogP contribution is 2.30. The summed E-state index contributed by atoms with van der Waals surface area (Å²) in [6, 6.07) is 12.7. The number of esters is 1. The molecule has 0 bridgehead atoms. The zero-order chi connectivity index (χ0) is 21.7. The smallest absolute Gasteiger partial charge is 0.338 e. The molecular formula is C22H23N3O5. The first-order valence-electron chi connectivity index (χ1n) is 9.53. The molecule has 3 amide bonds. The van der Waals surface area contributed by atoms with Crippen LogP contribution in [0.25, 0.3) is 0 Å². The van der Waals surface area contributed by atoms with Crippen LogP contribution in [0.15, 0.2) is 48.5 Å². The lowest BCUT2D eigenvalue weighted by atomic mass is 10.2. The number of anilines is 2. The van der Waals surface area contributed by atoms with Crippen LogP contribution in [0.3, 0.4) is 0 Å². The predicted octanol–water partition coefficient (Wildman–Crippen LogP) is 2.53. The summed E-state index contributed by atoms with van der Waals surface area (Å²) in [7, 11) is 3.31. The lowest BCUT2D eigenvalue weighted by molar-refractivity contribution is -0.119. The number of ether oxygens (including phenoxy) is 1. The summed E-state index contributed by atoms with van der Waals surface area (Å²) >= 11 is 0. The average Bonchev–Trinajstić information content (AvgIpc) is 3.58. The lowest BCUT2D eigenvalue weighted by Gasteiger charge is -2.11. The van der Waals surface area contributed by atoms with E-state index in [1.807, 2.05) is 0 Å². The van der Waals surface area contributed by atoms with Crippen LogP contribution in [0.2, 0.25) is 0 Å². The largest absolute Gasteiger partial charge is 0.452 e. The Morgan fingerprint density at radius 2 is 1.40 bits per heavy atom. The third-order valence-electron chi connectivity index (χ3n) is 4.49. The number of carbonyl (C=O) groups excluding carboxylic acids is 4. The van der Waals surface area contributed by atoms with E-state index in [0.717, 1.165) is 12.8 Å². The Balaban J connectivity index is 1.46. The minimum Gasteiger partial charge on any atom is -0.452 e. The number of rotatable bonds is 7. The fourth-order valence-electron chi connectivity index (χ4n) is 2.65. The van der Waals surface area contributed by atoms with Gasteiger partial charge in [-0.3, -0.25) is 14.4 Å². The van der Waals surface area contributed by atoms with Gasteiger partial charge in [0, 0.05) is 37.0 Å². The molecule has 3 rings (SSSR count). The number of carbonyl (C=O) groups is 4.